The van der Waals surface area contributed by atoms with Crippen molar-refractivity contribution in [3.05, 3.63) is 30.3 Å². The Labute approximate surface area is 153 Å². The van der Waals surface area contributed by atoms with Crippen LogP contribution in [0.3, 0.4) is 0 Å². The SMILES string of the molecule is O=C(O)CCC(=NOCC(NC(=O)COc1ccccc1)C(=O)O)C(=O)O. The fourth-order valence-corrected chi connectivity index (χ4v) is 1.68. The van der Waals surface area contributed by atoms with Crippen LogP contribution >= 0.6 is 0 Å². The lowest BCUT2D eigenvalue weighted by Gasteiger charge is -2.14. The minimum absolute atomic E-state index is 0.403. The van der Waals surface area contributed by atoms with Crippen LogP contribution in [0.5, 0.6) is 5.75 Å². The number of nitrogens with one attached hydrogen (secondary N) is 1. The first kappa shape index (κ1) is 21.4. The summed E-state index contributed by atoms with van der Waals surface area (Å²) in [6, 6.07) is 6.88. The van der Waals surface area contributed by atoms with Crippen LogP contribution in [0.15, 0.2) is 35.5 Å². The Bertz CT molecular complexity index is 703. The molecule has 11 nitrogen and oxygen atoms in total. The number of hydrogen-bond acceptors (Lipinski definition) is 7. The molecule has 4 N–H and O–H groups in total. The number of ether oxygens (including phenoxy) is 1. The highest BCUT2D eigenvalue weighted by Gasteiger charge is 2.22. The Morgan fingerprint density at radius 1 is 1.04 bits per heavy atom. The van der Waals surface area contributed by atoms with E-state index in [9.17, 15) is 19.2 Å². The van der Waals surface area contributed by atoms with Crippen molar-refractivity contribution in [2.45, 2.75) is 18.9 Å². The van der Waals surface area contributed by atoms with Gasteiger partial charge in [-0.3, -0.25) is 9.59 Å². The van der Waals surface area contributed by atoms with Gasteiger partial charge in [-0.15, -0.1) is 0 Å². The Hall–Kier alpha value is -3.63. The second-order valence-electron chi connectivity index (χ2n) is 5.09. The molecular weight excluding hydrogens is 364 g/mol. The van der Waals surface area contributed by atoms with Gasteiger partial charge < -0.3 is 30.2 Å². The predicted octanol–water partition coefficient (Wildman–Crippen LogP) is -0.0432. The molecule has 0 spiro atoms. The average Bonchev–Trinajstić information content (AvgIpc) is 2.62. The molecule has 11 heteroatoms. The Balaban J connectivity index is 2.53. The molecule has 1 atom stereocenters. The molecule has 0 saturated carbocycles. The van der Waals surface area contributed by atoms with Gasteiger partial charge in [-0.2, -0.15) is 0 Å². The van der Waals surface area contributed by atoms with Crippen LogP contribution < -0.4 is 10.1 Å². The second kappa shape index (κ2) is 11.1. The lowest BCUT2D eigenvalue weighted by molar-refractivity contribution is -0.144. The zero-order valence-corrected chi connectivity index (χ0v) is 14.0. The highest BCUT2D eigenvalue weighted by molar-refractivity contribution is 6.35. The van der Waals surface area contributed by atoms with Crippen LogP contribution in [0, 0.1) is 0 Å². The van der Waals surface area contributed by atoms with E-state index in [1.54, 1.807) is 30.3 Å². The van der Waals surface area contributed by atoms with Crippen molar-refractivity contribution in [3.8, 4) is 5.75 Å². The molecular formula is C16H18N2O9. The zero-order valence-electron chi connectivity index (χ0n) is 14.0. The summed E-state index contributed by atoms with van der Waals surface area (Å²) in [7, 11) is 0. The maximum Gasteiger partial charge on any atom is 0.353 e. The molecule has 146 valence electrons. The maximum atomic E-state index is 11.8. The fraction of sp³-hybridized carbons (Fsp3) is 0.312. The molecule has 0 fully saturated rings. The van der Waals surface area contributed by atoms with E-state index in [4.69, 9.17) is 20.1 Å². The van der Waals surface area contributed by atoms with Crippen LogP contribution in [-0.2, 0) is 24.0 Å². The number of para-hydroxylation sites is 1. The van der Waals surface area contributed by atoms with Gasteiger partial charge in [-0.1, -0.05) is 23.4 Å². The third-order valence-corrected chi connectivity index (χ3v) is 2.98. The van der Waals surface area contributed by atoms with E-state index in [2.05, 4.69) is 15.3 Å². The summed E-state index contributed by atoms with van der Waals surface area (Å²) >= 11 is 0. The molecule has 1 rings (SSSR count). The van der Waals surface area contributed by atoms with Crippen molar-refractivity contribution in [3.63, 3.8) is 0 Å². The summed E-state index contributed by atoms with van der Waals surface area (Å²) in [4.78, 5) is 48.9. The standard InChI is InChI=1S/C16H18N2O9/c19-13(9-26-10-4-2-1-3-5-10)17-12(16(24)25)8-27-18-11(15(22)23)6-7-14(20)21/h1-5,12H,6-9H2,(H,17,19)(H,20,21)(H,22,23)(H,24,25). The largest absolute Gasteiger partial charge is 0.484 e. The van der Waals surface area contributed by atoms with Gasteiger partial charge in [0, 0.05) is 6.42 Å². The number of nitrogens with zero attached hydrogens (tertiary/aromatic N) is 1. The first-order valence-electron chi connectivity index (χ1n) is 7.63. The Morgan fingerprint density at radius 2 is 1.70 bits per heavy atom. The molecule has 1 aromatic rings. The van der Waals surface area contributed by atoms with E-state index >= 15 is 0 Å². The first-order chi connectivity index (χ1) is 12.8. The molecule has 0 radical (unpaired) electrons. The maximum absolute atomic E-state index is 11.8. The van der Waals surface area contributed by atoms with E-state index in [1.165, 1.54) is 0 Å². The third-order valence-electron chi connectivity index (χ3n) is 2.98. The highest BCUT2D eigenvalue weighted by atomic mass is 16.6. The molecule has 27 heavy (non-hydrogen) atoms. The van der Waals surface area contributed by atoms with Crippen LogP contribution in [0.25, 0.3) is 0 Å². The topological polar surface area (TPSA) is 172 Å². The number of oxime groups is 1. The number of hydrogen-bond donors (Lipinski definition) is 4. The van der Waals surface area contributed by atoms with E-state index in [0.717, 1.165) is 0 Å². The second-order valence-corrected chi connectivity index (χ2v) is 5.09. The summed E-state index contributed by atoms with van der Waals surface area (Å²) in [5.41, 5.74) is -0.583. The van der Waals surface area contributed by atoms with Gasteiger partial charge in [0.05, 0.1) is 6.42 Å². The number of carboxylic acid groups (broad SMARTS) is 3. The van der Waals surface area contributed by atoms with Crippen molar-refractivity contribution in [1.29, 1.82) is 0 Å². The third kappa shape index (κ3) is 8.86. The molecule has 0 aromatic heterocycles. The number of carboxylic acids is 3. The summed E-state index contributed by atoms with van der Waals surface area (Å²) < 4.78 is 5.17. The normalized spacial score (nSPS) is 11.9. The molecule has 0 saturated heterocycles. The molecule has 0 aliphatic carbocycles. The van der Waals surface area contributed by atoms with Crippen molar-refractivity contribution < 1.29 is 44.1 Å². The first-order valence-corrected chi connectivity index (χ1v) is 7.63. The smallest absolute Gasteiger partial charge is 0.353 e. The van der Waals surface area contributed by atoms with Gasteiger partial charge in [-0.05, 0) is 12.1 Å². The minimum atomic E-state index is -1.50. The number of benzene rings is 1. The quantitative estimate of drug-likeness (QED) is 0.286. The Kier molecular flexibility index (Phi) is 8.78. The van der Waals surface area contributed by atoms with Crippen molar-refractivity contribution >= 4 is 29.5 Å². The number of aliphatic carboxylic acids is 3. The number of amides is 1. The summed E-state index contributed by atoms with van der Waals surface area (Å²) in [6.07, 6.45) is -0.885. The Morgan fingerprint density at radius 3 is 2.26 bits per heavy atom. The van der Waals surface area contributed by atoms with Gasteiger partial charge in [0.25, 0.3) is 5.91 Å². The molecule has 1 unspecified atom stereocenters. The van der Waals surface area contributed by atoms with Crippen LogP contribution in [-0.4, -0.2) is 64.1 Å². The predicted molar refractivity (Wildman–Crippen MR) is 89.4 cm³/mol. The van der Waals surface area contributed by atoms with Crippen molar-refractivity contribution in [2.24, 2.45) is 5.16 Å². The zero-order chi connectivity index (χ0) is 20.2. The summed E-state index contributed by atoms with van der Waals surface area (Å²) in [5.74, 6) is -4.46. The number of rotatable bonds is 12. The lowest BCUT2D eigenvalue weighted by Crippen LogP contribution is -2.45. The van der Waals surface area contributed by atoms with Gasteiger partial charge in [-0.25, -0.2) is 9.59 Å². The van der Waals surface area contributed by atoms with E-state index in [1.807, 2.05) is 0 Å². The van der Waals surface area contributed by atoms with Gasteiger partial charge in [0.15, 0.2) is 18.4 Å². The van der Waals surface area contributed by atoms with Crippen LogP contribution in [0.2, 0.25) is 0 Å². The van der Waals surface area contributed by atoms with E-state index < -0.39 is 61.6 Å². The van der Waals surface area contributed by atoms with Crippen molar-refractivity contribution in [1.82, 2.24) is 5.32 Å². The van der Waals surface area contributed by atoms with Gasteiger partial charge in [0.1, 0.15) is 12.4 Å². The molecule has 0 bridgehead atoms. The average molecular weight is 382 g/mol. The molecule has 1 amide bonds. The van der Waals surface area contributed by atoms with Gasteiger partial charge in [0.2, 0.25) is 0 Å². The minimum Gasteiger partial charge on any atom is -0.484 e. The highest BCUT2D eigenvalue weighted by Crippen LogP contribution is 2.07. The van der Waals surface area contributed by atoms with Crippen molar-refractivity contribution in [2.75, 3.05) is 13.2 Å². The molecule has 1 aromatic carbocycles. The fourth-order valence-electron chi connectivity index (χ4n) is 1.68. The van der Waals surface area contributed by atoms with Gasteiger partial charge >= 0.3 is 17.9 Å². The lowest BCUT2D eigenvalue weighted by atomic mass is 10.2. The number of carbonyl (C=O) groups is 4. The summed E-state index contributed by atoms with van der Waals surface area (Å²) in [6.45, 7) is -1.09. The summed E-state index contributed by atoms with van der Waals surface area (Å²) in [5, 5.41) is 31.9. The van der Waals surface area contributed by atoms with E-state index in [-0.39, 0.29) is 0 Å². The molecule has 0 aliphatic rings. The monoisotopic (exact) mass is 382 g/mol. The van der Waals surface area contributed by atoms with E-state index in [0.29, 0.717) is 5.75 Å². The molecule has 0 aliphatic heterocycles. The van der Waals surface area contributed by atoms with Crippen LogP contribution in [0.4, 0.5) is 0 Å². The van der Waals surface area contributed by atoms with Crippen LogP contribution in [0.1, 0.15) is 12.8 Å². The molecule has 0 heterocycles. The number of carbonyl (C=O) groups excluding carboxylic acids is 1.